The Hall–Kier alpha value is -2.62. The Morgan fingerprint density at radius 1 is 1.35 bits per heavy atom. The van der Waals surface area contributed by atoms with Crippen molar-refractivity contribution in [3.8, 4) is 5.88 Å². The number of carbonyl (C=O) groups is 1. The number of carbonyl (C=O) groups excluding carboxylic acids is 1. The van der Waals surface area contributed by atoms with Gasteiger partial charge in [-0.1, -0.05) is 11.6 Å². The topological polar surface area (TPSA) is 94.2 Å². The molecule has 0 saturated carbocycles. The van der Waals surface area contributed by atoms with E-state index in [1.54, 1.807) is 4.90 Å². The van der Waals surface area contributed by atoms with E-state index in [2.05, 4.69) is 15.2 Å². The standard InChI is InChI=1S/C15H13ClF3N5O2/c16-11-5-10(13(20)25)14(23-22-11)24-4-3-9(7-24)26-12-2-1-8(6-21-12)15(17,18)19/h1-2,5-6,9H,3-4,7H2,(H2,20,25). The predicted octanol–water partition coefficient (Wildman–Crippen LogP) is 2.30. The lowest BCUT2D eigenvalue weighted by Gasteiger charge is -2.19. The highest BCUT2D eigenvalue weighted by molar-refractivity contribution is 6.29. The van der Waals surface area contributed by atoms with Crippen molar-refractivity contribution in [1.82, 2.24) is 15.2 Å². The summed E-state index contributed by atoms with van der Waals surface area (Å²) in [7, 11) is 0. The third kappa shape index (κ3) is 3.96. The highest BCUT2D eigenvalue weighted by Gasteiger charge is 2.32. The summed E-state index contributed by atoms with van der Waals surface area (Å²) in [6, 6.07) is 3.41. The summed E-state index contributed by atoms with van der Waals surface area (Å²) in [4.78, 5) is 17.0. The third-order valence-electron chi connectivity index (χ3n) is 3.81. The molecular weight excluding hydrogens is 375 g/mol. The minimum atomic E-state index is -4.45. The zero-order chi connectivity index (χ0) is 18.9. The molecule has 1 aliphatic heterocycles. The molecule has 7 nitrogen and oxygen atoms in total. The zero-order valence-electron chi connectivity index (χ0n) is 13.2. The molecule has 3 heterocycles. The van der Waals surface area contributed by atoms with Crippen LogP contribution in [-0.4, -0.2) is 40.3 Å². The van der Waals surface area contributed by atoms with Gasteiger partial charge in [-0.3, -0.25) is 4.79 Å². The maximum Gasteiger partial charge on any atom is 0.417 e. The van der Waals surface area contributed by atoms with Crippen molar-refractivity contribution in [1.29, 1.82) is 0 Å². The molecule has 1 amide bonds. The lowest BCUT2D eigenvalue weighted by molar-refractivity contribution is -0.137. The van der Waals surface area contributed by atoms with Crippen LogP contribution in [0.2, 0.25) is 5.15 Å². The Morgan fingerprint density at radius 2 is 2.12 bits per heavy atom. The summed E-state index contributed by atoms with van der Waals surface area (Å²) >= 11 is 5.74. The van der Waals surface area contributed by atoms with Crippen LogP contribution < -0.4 is 15.4 Å². The molecule has 138 valence electrons. The number of ether oxygens (including phenoxy) is 1. The van der Waals surface area contributed by atoms with Crippen LogP contribution in [0.5, 0.6) is 5.88 Å². The molecule has 2 aromatic rings. The van der Waals surface area contributed by atoms with Crippen LogP contribution in [0.4, 0.5) is 19.0 Å². The minimum Gasteiger partial charge on any atom is -0.472 e. The Kier molecular flexibility index (Phi) is 4.86. The van der Waals surface area contributed by atoms with E-state index in [1.165, 1.54) is 12.1 Å². The Morgan fingerprint density at radius 3 is 2.73 bits per heavy atom. The molecule has 0 aliphatic carbocycles. The number of anilines is 1. The normalized spacial score (nSPS) is 17.4. The molecule has 26 heavy (non-hydrogen) atoms. The number of alkyl halides is 3. The molecule has 2 N–H and O–H groups in total. The van der Waals surface area contributed by atoms with Gasteiger partial charge in [0.2, 0.25) is 5.88 Å². The maximum atomic E-state index is 12.5. The van der Waals surface area contributed by atoms with Gasteiger partial charge in [-0.2, -0.15) is 13.2 Å². The van der Waals surface area contributed by atoms with Gasteiger partial charge in [-0.05, 0) is 12.1 Å². The van der Waals surface area contributed by atoms with Crippen molar-refractivity contribution >= 4 is 23.3 Å². The fourth-order valence-corrected chi connectivity index (χ4v) is 2.73. The summed E-state index contributed by atoms with van der Waals surface area (Å²) in [6.45, 7) is 0.848. The van der Waals surface area contributed by atoms with Crippen LogP contribution >= 0.6 is 11.6 Å². The van der Waals surface area contributed by atoms with Gasteiger partial charge in [0.05, 0.1) is 17.7 Å². The molecule has 1 aliphatic rings. The van der Waals surface area contributed by atoms with Crippen molar-refractivity contribution < 1.29 is 22.7 Å². The van der Waals surface area contributed by atoms with E-state index in [4.69, 9.17) is 22.1 Å². The highest BCUT2D eigenvalue weighted by Crippen LogP contribution is 2.30. The van der Waals surface area contributed by atoms with Gasteiger partial charge in [0.25, 0.3) is 5.91 Å². The van der Waals surface area contributed by atoms with Crippen LogP contribution in [0.1, 0.15) is 22.3 Å². The van der Waals surface area contributed by atoms with E-state index in [0.29, 0.717) is 19.5 Å². The predicted molar refractivity (Wildman–Crippen MR) is 86.0 cm³/mol. The Bertz CT molecular complexity index is 816. The molecule has 11 heteroatoms. The van der Waals surface area contributed by atoms with Crippen LogP contribution in [0, 0.1) is 0 Å². The number of halogens is 4. The van der Waals surface area contributed by atoms with E-state index >= 15 is 0 Å². The average molecular weight is 388 g/mol. The second kappa shape index (κ2) is 6.94. The molecule has 1 saturated heterocycles. The van der Waals surface area contributed by atoms with Crippen molar-refractivity contribution in [3.63, 3.8) is 0 Å². The van der Waals surface area contributed by atoms with Gasteiger partial charge >= 0.3 is 6.18 Å². The minimum absolute atomic E-state index is 0.0449. The molecule has 0 radical (unpaired) electrons. The first kappa shape index (κ1) is 18.2. The summed E-state index contributed by atoms with van der Waals surface area (Å²) in [6.07, 6.45) is -3.51. The van der Waals surface area contributed by atoms with Crippen molar-refractivity contribution in [3.05, 3.63) is 40.7 Å². The third-order valence-corrected chi connectivity index (χ3v) is 3.99. The van der Waals surface area contributed by atoms with Gasteiger partial charge in [0.1, 0.15) is 6.10 Å². The van der Waals surface area contributed by atoms with Crippen molar-refractivity contribution in [2.75, 3.05) is 18.0 Å². The van der Waals surface area contributed by atoms with E-state index in [9.17, 15) is 18.0 Å². The zero-order valence-corrected chi connectivity index (χ0v) is 14.0. The van der Waals surface area contributed by atoms with Crippen molar-refractivity contribution in [2.45, 2.75) is 18.7 Å². The van der Waals surface area contributed by atoms with Gasteiger partial charge in [0.15, 0.2) is 11.0 Å². The Balaban J connectivity index is 1.69. The number of hydrogen-bond acceptors (Lipinski definition) is 6. The first-order chi connectivity index (χ1) is 12.2. The molecule has 0 aromatic carbocycles. The second-order valence-corrected chi connectivity index (χ2v) is 6.01. The smallest absolute Gasteiger partial charge is 0.417 e. The van der Waals surface area contributed by atoms with Crippen LogP contribution in [0.3, 0.4) is 0 Å². The summed E-state index contributed by atoms with van der Waals surface area (Å²) in [5.41, 5.74) is 4.62. The molecule has 0 spiro atoms. The second-order valence-electron chi connectivity index (χ2n) is 5.63. The molecular formula is C15H13ClF3N5O2. The summed E-state index contributed by atoms with van der Waals surface area (Å²) < 4.78 is 43.3. The van der Waals surface area contributed by atoms with Gasteiger partial charge in [-0.15, -0.1) is 10.2 Å². The highest BCUT2D eigenvalue weighted by atomic mass is 35.5. The monoisotopic (exact) mass is 387 g/mol. The maximum absolute atomic E-state index is 12.5. The molecule has 1 atom stereocenters. The molecule has 1 unspecified atom stereocenters. The van der Waals surface area contributed by atoms with Gasteiger partial charge in [-0.25, -0.2) is 4.98 Å². The molecule has 0 bridgehead atoms. The number of primary amides is 1. The summed E-state index contributed by atoms with van der Waals surface area (Å²) in [5.74, 6) is -0.318. The first-order valence-electron chi connectivity index (χ1n) is 7.52. The number of rotatable bonds is 4. The van der Waals surface area contributed by atoms with Crippen LogP contribution in [-0.2, 0) is 6.18 Å². The lowest BCUT2D eigenvalue weighted by atomic mass is 10.2. The van der Waals surface area contributed by atoms with Gasteiger partial charge in [0, 0.05) is 25.2 Å². The van der Waals surface area contributed by atoms with Gasteiger partial charge < -0.3 is 15.4 Å². The van der Waals surface area contributed by atoms with E-state index in [1.807, 2.05) is 0 Å². The fourth-order valence-electron chi connectivity index (χ4n) is 2.58. The van der Waals surface area contributed by atoms with E-state index < -0.39 is 17.6 Å². The fraction of sp³-hybridized carbons (Fsp3) is 0.333. The number of nitrogens with zero attached hydrogens (tertiary/aromatic N) is 4. The van der Waals surface area contributed by atoms with Crippen LogP contribution in [0.25, 0.3) is 0 Å². The molecule has 2 aromatic heterocycles. The number of aromatic nitrogens is 3. The Labute approximate surface area is 150 Å². The number of amides is 1. The average Bonchev–Trinajstić information content (AvgIpc) is 3.02. The number of nitrogens with two attached hydrogens (primary N) is 1. The molecule has 3 rings (SSSR count). The van der Waals surface area contributed by atoms with E-state index in [-0.39, 0.29) is 28.5 Å². The van der Waals surface area contributed by atoms with Crippen molar-refractivity contribution in [2.24, 2.45) is 5.73 Å². The summed E-state index contributed by atoms with van der Waals surface area (Å²) in [5, 5.41) is 7.67. The number of hydrogen-bond donors (Lipinski definition) is 1. The SMILES string of the molecule is NC(=O)c1cc(Cl)nnc1N1CCC(Oc2ccc(C(F)(F)F)cn2)C1. The lowest BCUT2D eigenvalue weighted by Crippen LogP contribution is -2.28. The number of pyridine rings is 1. The molecule has 1 fully saturated rings. The largest absolute Gasteiger partial charge is 0.472 e. The van der Waals surface area contributed by atoms with Crippen LogP contribution in [0.15, 0.2) is 24.4 Å². The first-order valence-corrected chi connectivity index (χ1v) is 7.89. The van der Waals surface area contributed by atoms with E-state index in [0.717, 1.165) is 12.3 Å². The quantitative estimate of drug-likeness (QED) is 0.865.